The van der Waals surface area contributed by atoms with Crippen molar-refractivity contribution in [1.82, 2.24) is 0 Å². The zero-order valence-corrected chi connectivity index (χ0v) is 11.3. The van der Waals surface area contributed by atoms with Crippen molar-refractivity contribution in [2.75, 3.05) is 7.11 Å². The summed E-state index contributed by atoms with van der Waals surface area (Å²) < 4.78 is 5.73. The second kappa shape index (κ2) is 4.58. The monoisotopic (exact) mass is 245 g/mol. The largest absolute Gasteiger partial charge is 0.496 e. The number of nitrogens with two attached hydrogens (primary N) is 1. The van der Waals surface area contributed by atoms with Crippen molar-refractivity contribution in [3.8, 4) is 5.75 Å². The van der Waals surface area contributed by atoms with Gasteiger partial charge in [-0.15, -0.1) is 0 Å². The standard InChI is InChI=1S/C16H23NO/c1-18-15-13-7-5-6-12(13)8-9-14(15)16(17)10-3-2-4-11-16/h8-9H,2-7,10-11,17H2,1H3. The number of aryl methyl sites for hydroxylation is 1. The quantitative estimate of drug-likeness (QED) is 0.867. The van der Waals surface area contributed by atoms with E-state index in [1.165, 1.54) is 48.8 Å². The van der Waals surface area contributed by atoms with E-state index in [1.54, 1.807) is 7.11 Å². The molecule has 3 rings (SSSR count). The van der Waals surface area contributed by atoms with Gasteiger partial charge < -0.3 is 10.5 Å². The smallest absolute Gasteiger partial charge is 0.127 e. The van der Waals surface area contributed by atoms with Crippen LogP contribution in [0.25, 0.3) is 0 Å². The van der Waals surface area contributed by atoms with Crippen LogP contribution < -0.4 is 10.5 Å². The number of benzene rings is 1. The molecule has 2 aliphatic carbocycles. The number of hydrogen-bond donors (Lipinski definition) is 1. The molecule has 98 valence electrons. The van der Waals surface area contributed by atoms with E-state index in [0.717, 1.165) is 25.0 Å². The molecule has 0 spiro atoms. The molecule has 1 fully saturated rings. The first-order valence-electron chi connectivity index (χ1n) is 7.23. The van der Waals surface area contributed by atoms with E-state index in [0.29, 0.717) is 0 Å². The molecule has 2 nitrogen and oxygen atoms in total. The Morgan fingerprint density at radius 1 is 1.06 bits per heavy atom. The summed E-state index contributed by atoms with van der Waals surface area (Å²) in [5.74, 6) is 1.09. The van der Waals surface area contributed by atoms with Gasteiger partial charge in [-0.05, 0) is 43.2 Å². The normalized spacial score (nSPS) is 21.7. The van der Waals surface area contributed by atoms with Gasteiger partial charge in [-0.3, -0.25) is 0 Å². The first kappa shape index (κ1) is 12.0. The van der Waals surface area contributed by atoms with Gasteiger partial charge >= 0.3 is 0 Å². The summed E-state index contributed by atoms with van der Waals surface area (Å²) in [6.07, 6.45) is 9.63. The summed E-state index contributed by atoms with van der Waals surface area (Å²) in [6.45, 7) is 0. The fourth-order valence-corrected chi connectivity index (χ4v) is 3.71. The van der Waals surface area contributed by atoms with Gasteiger partial charge in [0.25, 0.3) is 0 Å². The van der Waals surface area contributed by atoms with Gasteiger partial charge in [-0.2, -0.15) is 0 Å². The molecule has 1 aromatic carbocycles. The Kier molecular flexibility index (Phi) is 3.06. The average Bonchev–Trinajstić information content (AvgIpc) is 2.86. The number of rotatable bonds is 2. The van der Waals surface area contributed by atoms with Crippen molar-refractivity contribution in [2.24, 2.45) is 5.73 Å². The Hall–Kier alpha value is -1.02. The van der Waals surface area contributed by atoms with Gasteiger partial charge in [-0.25, -0.2) is 0 Å². The van der Waals surface area contributed by atoms with E-state index in [1.807, 2.05) is 0 Å². The van der Waals surface area contributed by atoms with Gasteiger partial charge in [0.05, 0.1) is 7.11 Å². The van der Waals surface area contributed by atoms with Crippen molar-refractivity contribution in [2.45, 2.75) is 56.9 Å². The molecule has 0 unspecified atom stereocenters. The number of hydrogen-bond acceptors (Lipinski definition) is 2. The third kappa shape index (κ3) is 1.83. The highest BCUT2D eigenvalue weighted by Crippen LogP contribution is 2.43. The van der Waals surface area contributed by atoms with Crippen LogP contribution in [0.1, 0.15) is 55.2 Å². The molecular weight excluding hydrogens is 222 g/mol. The molecule has 0 radical (unpaired) electrons. The van der Waals surface area contributed by atoms with Crippen LogP contribution in [-0.4, -0.2) is 7.11 Å². The molecule has 0 bridgehead atoms. The van der Waals surface area contributed by atoms with E-state index in [2.05, 4.69) is 12.1 Å². The Morgan fingerprint density at radius 3 is 2.56 bits per heavy atom. The molecular formula is C16H23NO. The maximum Gasteiger partial charge on any atom is 0.127 e. The van der Waals surface area contributed by atoms with Crippen molar-refractivity contribution >= 4 is 0 Å². The highest BCUT2D eigenvalue weighted by Gasteiger charge is 2.34. The van der Waals surface area contributed by atoms with Crippen LogP contribution in [0.2, 0.25) is 0 Å². The molecule has 0 heterocycles. The van der Waals surface area contributed by atoms with Crippen molar-refractivity contribution in [3.05, 3.63) is 28.8 Å². The second-order valence-corrected chi connectivity index (χ2v) is 5.85. The predicted octanol–water partition coefficient (Wildman–Crippen LogP) is 3.30. The van der Waals surface area contributed by atoms with Crippen LogP contribution in [0.4, 0.5) is 0 Å². The molecule has 0 aliphatic heterocycles. The summed E-state index contributed by atoms with van der Waals surface area (Å²) in [6, 6.07) is 4.51. The first-order valence-corrected chi connectivity index (χ1v) is 7.23. The molecule has 0 amide bonds. The summed E-state index contributed by atoms with van der Waals surface area (Å²) in [5, 5.41) is 0. The van der Waals surface area contributed by atoms with Crippen LogP contribution >= 0.6 is 0 Å². The van der Waals surface area contributed by atoms with Gasteiger partial charge in [0.1, 0.15) is 5.75 Å². The molecule has 0 saturated heterocycles. The maximum absolute atomic E-state index is 6.67. The Balaban J connectivity index is 2.06. The Labute approximate surface area is 110 Å². The molecule has 2 N–H and O–H groups in total. The molecule has 2 aliphatic rings. The lowest BCUT2D eigenvalue weighted by atomic mass is 9.76. The predicted molar refractivity (Wildman–Crippen MR) is 74.0 cm³/mol. The topological polar surface area (TPSA) is 35.2 Å². The number of ether oxygens (including phenoxy) is 1. The van der Waals surface area contributed by atoms with E-state index >= 15 is 0 Å². The molecule has 0 atom stereocenters. The van der Waals surface area contributed by atoms with Gasteiger partial charge in [0, 0.05) is 11.1 Å². The third-order valence-electron chi connectivity index (χ3n) is 4.72. The Bertz CT molecular complexity index is 447. The lowest BCUT2D eigenvalue weighted by Crippen LogP contribution is -2.39. The number of methoxy groups -OCH3 is 1. The lowest BCUT2D eigenvalue weighted by molar-refractivity contribution is 0.288. The second-order valence-electron chi connectivity index (χ2n) is 5.85. The molecule has 1 aromatic rings. The fraction of sp³-hybridized carbons (Fsp3) is 0.625. The van der Waals surface area contributed by atoms with Crippen molar-refractivity contribution in [3.63, 3.8) is 0 Å². The highest BCUT2D eigenvalue weighted by atomic mass is 16.5. The minimum absolute atomic E-state index is 0.152. The van der Waals surface area contributed by atoms with Gasteiger partial charge in [-0.1, -0.05) is 31.4 Å². The third-order valence-corrected chi connectivity index (χ3v) is 4.72. The maximum atomic E-state index is 6.67. The van der Waals surface area contributed by atoms with Crippen LogP contribution in [0.5, 0.6) is 5.75 Å². The summed E-state index contributed by atoms with van der Waals surface area (Å²) in [4.78, 5) is 0. The molecule has 2 heteroatoms. The lowest BCUT2D eigenvalue weighted by Gasteiger charge is -2.35. The van der Waals surface area contributed by atoms with E-state index in [-0.39, 0.29) is 5.54 Å². The SMILES string of the molecule is COc1c(C2(N)CCCCC2)ccc2c1CCC2. The number of fused-ring (bicyclic) bond motifs is 1. The average molecular weight is 245 g/mol. The molecule has 1 saturated carbocycles. The molecule has 18 heavy (non-hydrogen) atoms. The van der Waals surface area contributed by atoms with Crippen LogP contribution in [-0.2, 0) is 18.4 Å². The molecule has 0 aromatic heterocycles. The van der Waals surface area contributed by atoms with E-state index < -0.39 is 0 Å². The Morgan fingerprint density at radius 2 is 1.83 bits per heavy atom. The van der Waals surface area contributed by atoms with Crippen molar-refractivity contribution < 1.29 is 4.74 Å². The summed E-state index contributed by atoms with van der Waals surface area (Å²) in [7, 11) is 1.80. The summed E-state index contributed by atoms with van der Waals surface area (Å²) in [5.41, 5.74) is 10.7. The zero-order chi connectivity index (χ0) is 12.6. The zero-order valence-electron chi connectivity index (χ0n) is 11.3. The minimum atomic E-state index is -0.152. The van der Waals surface area contributed by atoms with Crippen molar-refractivity contribution in [1.29, 1.82) is 0 Å². The van der Waals surface area contributed by atoms with Crippen LogP contribution in [0, 0.1) is 0 Å². The minimum Gasteiger partial charge on any atom is -0.496 e. The first-order chi connectivity index (χ1) is 8.74. The van der Waals surface area contributed by atoms with Gasteiger partial charge in [0.15, 0.2) is 0 Å². The highest BCUT2D eigenvalue weighted by molar-refractivity contribution is 5.51. The fourth-order valence-electron chi connectivity index (χ4n) is 3.71. The van der Waals surface area contributed by atoms with Gasteiger partial charge in [0.2, 0.25) is 0 Å². The van der Waals surface area contributed by atoms with Crippen LogP contribution in [0.15, 0.2) is 12.1 Å². The van der Waals surface area contributed by atoms with E-state index in [9.17, 15) is 0 Å². The summed E-state index contributed by atoms with van der Waals surface area (Å²) >= 11 is 0. The van der Waals surface area contributed by atoms with E-state index in [4.69, 9.17) is 10.5 Å². The van der Waals surface area contributed by atoms with Crippen LogP contribution in [0.3, 0.4) is 0 Å².